The first kappa shape index (κ1) is 16.9. The fraction of sp³-hybridized carbons (Fsp3) is 0.125. The van der Waals surface area contributed by atoms with Crippen LogP contribution in [0.5, 0.6) is 11.5 Å². The van der Waals surface area contributed by atoms with Crippen molar-refractivity contribution in [2.45, 2.75) is 6.61 Å². The molecule has 0 atom stereocenters. The molecule has 2 aromatic carbocycles. The zero-order valence-electron chi connectivity index (χ0n) is 12.7. The lowest BCUT2D eigenvalue weighted by molar-refractivity contribution is -0.401. The molecule has 0 spiro atoms. The van der Waals surface area contributed by atoms with Gasteiger partial charge >= 0.3 is 0 Å². The SMILES string of the molecule is COc1c(OCc2ccccc2)ccc([N+](=O)[O-])c1/C=C/[N+](=O)[O-]. The van der Waals surface area contributed by atoms with E-state index in [1.807, 2.05) is 30.3 Å². The van der Waals surface area contributed by atoms with E-state index in [2.05, 4.69) is 0 Å². The number of nitrogens with zero attached hydrogens (tertiary/aromatic N) is 2. The third-order valence-electron chi connectivity index (χ3n) is 3.14. The highest BCUT2D eigenvalue weighted by atomic mass is 16.6. The Kier molecular flexibility index (Phi) is 5.45. The minimum Gasteiger partial charge on any atom is -0.492 e. The largest absolute Gasteiger partial charge is 0.492 e. The first-order valence-electron chi connectivity index (χ1n) is 6.86. The molecular formula is C16H14N2O6. The second-order valence-corrected chi connectivity index (χ2v) is 4.66. The van der Waals surface area contributed by atoms with E-state index in [1.165, 1.54) is 19.2 Å². The molecule has 0 radical (unpaired) electrons. The molecule has 0 N–H and O–H groups in total. The summed E-state index contributed by atoms with van der Waals surface area (Å²) in [5, 5.41) is 21.7. The molecule has 0 saturated carbocycles. The van der Waals surface area contributed by atoms with Crippen molar-refractivity contribution in [1.82, 2.24) is 0 Å². The van der Waals surface area contributed by atoms with Crippen molar-refractivity contribution >= 4 is 11.8 Å². The second kappa shape index (κ2) is 7.73. The molecule has 0 bridgehead atoms. The summed E-state index contributed by atoms with van der Waals surface area (Å²) in [5.74, 6) is 0.327. The van der Waals surface area contributed by atoms with Crippen LogP contribution in [-0.2, 0) is 6.61 Å². The maximum atomic E-state index is 11.1. The van der Waals surface area contributed by atoms with Crippen LogP contribution in [-0.4, -0.2) is 17.0 Å². The Morgan fingerprint density at radius 2 is 1.79 bits per heavy atom. The van der Waals surface area contributed by atoms with Gasteiger partial charge in [-0.2, -0.15) is 0 Å². The second-order valence-electron chi connectivity index (χ2n) is 4.66. The first-order valence-corrected chi connectivity index (χ1v) is 6.86. The molecule has 0 aliphatic carbocycles. The zero-order valence-corrected chi connectivity index (χ0v) is 12.7. The van der Waals surface area contributed by atoms with Gasteiger partial charge in [0.25, 0.3) is 5.69 Å². The Hall–Kier alpha value is -3.42. The van der Waals surface area contributed by atoms with E-state index in [0.717, 1.165) is 11.6 Å². The molecule has 0 amide bonds. The predicted molar refractivity (Wildman–Crippen MR) is 86.5 cm³/mol. The van der Waals surface area contributed by atoms with Crippen LogP contribution in [0.25, 0.3) is 6.08 Å². The Labute approximate surface area is 137 Å². The van der Waals surface area contributed by atoms with Gasteiger partial charge in [-0.25, -0.2) is 0 Å². The van der Waals surface area contributed by atoms with Crippen LogP contribution in [0.4, 0.5) is 5.69 Å². The van der Waals surface area contributed by atoms with E-state index in [-0.39, 0.29) is 29.4 Å². The lowest BCUT2D eigenvalue weighted by Crippen LogP contribution is -2.01. The van der Waals surface area contributed by atoms with Crippen LogP contribution in [0.1, 0.15) is 11.1 Å². The lowest BCUT2D eigenvalue weighted by atomic mass is 10.1. The summed E-state index contributed by atoms with van der Waals surface area (Å²) in [4.78, 5) is 20.3. The number of hydrogen-bond donors (Lipinski definition) is 0. The predicted octanol–water partition coefficient (Wildman–Crippen LogP) is 3.43. The Bertz CT molecular complexity index is 774. The van der Waals surface area contributed by atoms with Gasteiger partial charge in [0.15, 0.2) is 11.5 Å². The number of hydrogen-bond acceptors (Lipinski definition) is 6. The van der Waals surface area contributed by atoms with Gasteiger partial charge in [0.1, 0.15) is 12.2 Å². The fourth-order valence-corrected chi connectivity index (χ4v) is 2.08. The van der Waals surface area contributed by atoms with Crippen LogP contribution in [0, 0.1) is 20.2 Å². The van der Waals surface area contributed by atoms with Crippen LogP contribution in [0.3, 0.4) is 0 Å². The van der Waals surface area contributed by atoms with E-state index in [4.69, 9.17) is 9.47 Å². The molecule has 2 rings (SSSR count). The average Bonchev–Trinajstić information content (AvgIpc) is 2.58. The van der Waals surface area contributed by atoms with Crippen molar-refractivity contribution in [1.29, 1.82) is 0 Å². The van der Waals surface area contributed by atoms with Crippen LogP contribution in [0.2, 0.25) is 0 Å². The van der Waals surface area contributed by atoms with Crippen LogP contribution < -0.4 is 9.47 Å². The molecule has 0 fully saturated rings. The smallest absolute Gasteiger partial charge is 0.280 e. The van der Waals surface area contributed by atoms with Crippen molar-refractivity contribution in [3.8, 4) is 11.5 Å². The monoisotopic (exact) mass is 330 g/mol. The number of methoxy groups -OCH3 is 1. The molecular weight excluding hydrogens is 316 g/mol. The Morgan fingerprint density at radius 1 is 1.08 bits per heavy atom. The molecule has 0 aliphatic rings. The van der Waals surface area contributed by atoms with Gasteiger partial charge < -0.3 is 9.47 Å². The Morgan fingerprint density at radius 3 is 2.38 bits per heavy atom. The van der Waals surface area contributed by atoms with Crippen molar-refractivity contribution in [3.05, 3.63) is 80.0 Å². The number of nitro groups is 2. The highest BCUT2D eigenvalue weighted by molar-refractivity contribution is 5.70. The number of rotatable bonds is 7. The molecule has 0 heterocycles. The summed E-state index contributed by atoms with van der Waals surface area (Å²) in [6.07, 6.45) is 1.64. The Balaban J connectivity index is 2.39. The minimum atomic E-state index is -0.708. The van der Waals surface area contributed by atoms with Gasteiger partial charge in [-0.05, 0) is 11.6 Å². The topological polar surface area (TPSA) is 105 Å². The van der Waals surface area contributed by atoms with E-state index >= 15 is 0 Å². The lowest BCUT2D eigenvalue weighted by Gasteiger charge is -2.13. The number of benzene rings is 2. The maximum absolute atomic E-state index is 11.1. The van der Waals surface area contributed by atoms with Gasteiger partial charge in [-0.15, -0.1) is 0 Å². The standard InChI is InChI=1S/C16H14N2O6/c1-23-16-13(9-10-17(19)20)14(18(21)22)7-8-15(16)24-11-12-5-3-2-4-6-12/h2-10H,11H2,1H3/b10-9+. The van der Waals surface area contributed by atoms with Crippen molar-refractivity contribution in [2.75, 3.05) is 7.11 Å². The van der Waals surface area contributed by atoms with Crippen molar-refractivity contribution in [2.24, 2.45) is 0 Å². The quantitative estimate of drug-likeness (QED) is 0.569. The molecule has 24 heavy (non-hydrogen) atoms. The van der Waals surface area contributed by atoms with E-state index in [0.29, 0.717) is 6.20 Å². The molecule has 0 aromatic heterocycles. The van der Waals surface area contributed by atoms with Gasteiger partial charge in [0, 0.05) is 12.1 Å². The van der Waals surface area contributed by atoms with Gasteiger partial charge in [0.05, 0.1) is 17.0 Å². The third-order valence-corrected chi connectivity index (χ3v) is 3.14. The fourth-order valence-electron chi connectivity index (χ4n) is 2.08. The van der Waals surface area contributed by atoms with E-state index in [9.17, 15) is 20.2 Å². The third kappa shape index (κ3) is 4.07. The highest BCUT2D eigenvalue weighted by Crippen LogP contribution is 2.38. The van der Waals surface area contributed by atoms with E-state index in [1.54, 1.807) is 0 Å². The summed E-state index contributed by atoms with van der Waals surface area (Å²) in [6.45, 7) is 0.230. The maximum Gasteiger partial charge on any atom is 0.280 e. The molecule has 2 aromatic rings. The molecule has 124 valence electrons. The molecule has 0 unspecified atom stereocenters. The number of ether oxygens (including phenoxy) is 2. The molecule has 8 heteroatoms. The van der Waals surface area contributed by atoms with Gasteiger partial charge in [-0.1, -0.05) is 30.3 Å². The average molecular weight is 330 g/mol. The normalized spacial score (nSPS) is 10.5. The zero-order chi connectivity index (χ0) is 17.5. The van der Waals surface area contributed by atoms with Crippen LogP contribution in [0.15, 0.2) is 48.7 Å². The summed E-state index contributed by atoms with van der Waals surface area (Å²) < 4.78 is 10.8. The summed E-state index contributed by atoms with van der Waals surface area (Å²) in [7, 11) is 1.32. The van der Waals surface area contributed by atoms with Crippen molar-refractivity contribution < 1.29 is 19.3 Å². The van der Waals surface area contributed by atoms with Crippen LogP contribution >= 0.6 is 0 Å². The van der Waals surface area contributed by atoms with Crippen molar-refractivity contribution in [3.63, 3.8) is 0 Å². The summed E-state index contributed by atoms with van der Waals surface area (Å²) in [6, 6.07) is 12.0. The number of nitro benzene ring substituents is 1. The molecule has 0 saturated heterocycles. The first-order chi connectivity index (χ1) is 11.5. The van der Waals surface area contributed by atoms with Gasteiger partial charge in [0.2, 0.25) is 6.20 Å². The molecule has 8 nitrogen and oxygen atoms in total. The van der Waals surface area contributed by atoms with E-state index < -0.39 is 9.85 Å². The minimum absolute atomic E-state index is 0.0234. The van der Waals surface area contributed by atoms with Gasteiger partial charge in [-0.3, -0.25) is 20.2 Å². The highest BCUT2D eigenvalue weighted by Gasteiger charge is 2.21. The summed E-state index contributed by atoms with van der Waals surface area (Å²) >= 11 is 0. The summed E-state index contributed by atoms with van der Waals surface area (Å²) in [5.41, 5.74) is 0.571. The molecule has 0 aliphatic heterocycles.